The first-order valence-corrected chi connectivity index (χ1v) is 4.26. The molecule has 0 amide bonds. The van der Waals surface area contributed by atoms with Crippen molar-refractivity contribution < 1.29 is 22.3 Å². The number of hydrogen-bond donors (Lipinski definition) is 0. The molecule has 0 saturated carbocycles. The highest BCUT2D eigenvalue weighted by Gasteiger charge is 2.51. The normalized spacial score (nSPS) is 19.2. The van der Waals surface area contributed by atoms with E-state index in [4.69, 9.17) is 0 Å². The average molecular weight is 182 g/mol. The third-order valence-corrected chi connectivity index (χ3v) is 2.60. The molecule has 1 unspecified atom stereocenters. The molecule has 0 N–H and O–H groups in total. The summed E-state index contributed by atoms with van der Waals surface area (Å²) in [6.45, 7) is -4.89. The lowest BCUT2D eigenvalue weighted by Gasteiger charge is -2.09. The number of alkyl halides is 3. The Balaban J connectivity index is 4.35. The molecule has 0 heterocycles. The molecule has 0 spiro atoms. The fourth-order valence-electron chi connectivity index (χ4n) is 0.104. The summed E-state index contributed by atoms with van der Waals surface area (Å²) in [6.07, 6.45) is 0. The largest absolute Gasteiger partial charge is 0.481 e. The van der Waals surface area contributed by atoms with Crippen LogP contribution >= 0.6 is 18.0 Å². The minimum atomic E-state index is -4.96. The van der Waals surface area contributed by atoms with Gasteiger partial charge in [-0.15, -0.1) is 0 Å². The fourth-order valence-corrected chi connectivity index (χ4v) is 0.311. The van der Waals surface area contributed by atoms with Crippen LogP contribution in [0.1, 0.15) is 0 Å². The molecule has 0 aliphatic rings. The highest BCUT2D eigenvalue weighted by molar-refractivity contribution is 7.86. The summed E-state index contributed by atoms with van der Waals surface area (Å²) < 4.78 is 47.5. The van der Waals surface area contributed by atoms with Gasteiger partial charge in [-0.05, 0) is 11.2 Å². The van der Waals surface area contributed by atoms with E-state index in [-0.39, 0.29) is 0 Å². The van der Waals surface area contributed by atoms with Crippen LogP contribution in [0.5, 0.6) is 0 Å². The standard InChI is InChI=1S/C2H3ClF3O2P/c1-8-9(3,7)2(4,5)6/h1H3. The van der Waals surface area contributed by atoms with E-state index >= 15 is 0 Å². The highest BCUT2D eigenvalue weighted by atomic mass is 35.7. The highest BCUT2D eigenvalue weighted by Crippen LogP contribution is 2.65. The summed E-state index contributed by atoms with van der Waals surface area (Å²) in [5.74, 6) is -4.96. The van der Waals surface area contributed by atoms with Crippen LogP contribution in [0.25, 0.3) is 0 Å². The Morgan fingerprint density at radius 2 is 1.89 bits per heavy atom. The van der Waals surface area contributed by atoms with Crippen LogP contribution in [0.3, 0.4) is 0 Å². The Morgan fingerprint density at radius 3 is 1.89 bits per heavy atom. The zero-order valence-corrected chi connectivity index (χ0v) is 5.93. The Labute approximate surface area is 54.2 Å². The van der Waals surface area contributed by atoms with Crippen LogP contribution in [0, 0.1) is 0 Å². The smallest absolute Gasteiger partial charge is 0.315 e. The fraction of sp³-hybridized carbons (Fsp3) is 1.00. The van der Waals surface area contributed by atoms with Crippen LogP contribution in [0.15, 0.2) is 0 Å². The third kappa shape index (κ3) is 2.16. The Kier molecular flexibility index (Phi) is 2.56. The molecule has 1 atom stereocenters. The van der Waals surface area contributed by atoms with Gasteiger partial charge in [-0.2, -0.15) is 13.2 Å². The molecule has 0 aromatic carbocycles. The first kappa shape index (κ1) is 9.27. The van der Waals surface area contributed by atoms with E-state index in [1.807, 2.05) is 0 Å². The number of hydrogen-bond acceptors (Lipinski definition) is 2. The molecule has 0 saturated heterocycles. The maximum Gasteiger partial charge on any atom is 0.481 e. The predicted octanol–water partition coefficient (Wildman–Crippen LogP) is 2.58. The zero-order chi connectivity index (χ0) is 7.71. The monoisotopic (exact) mass is 182 g/mol. The second-order valence-corrected chi connectivity index (χ2v) is 4.30. The van der Waals surface area contributed by atoms with Crippen molar-refractivity contribution in [2.24, 2.45) is 0 Å². The van der Waals surface area contributed by atoms with E-state index < -0.39 is 12.6 Å². The molecule has 7 heteroatoms. The van der Waals surface area contributed by atoms with Gasteiger partial charge >= 0.3 is 12.6 Å². The Morgan fingerprint density at radius 1 is 1.56 bits per heavy atom. The van der Waals surface area contributed by atoms with Gasteiger partial charge in [0.15, 0.2) is 0 Å². The zero-order valence-electron chi connectivity index (χ0n) is 4.28. The number of halogens is 4. The van der Waals surface area contributed by atoms with Gasteiger partial charge in [0.2, 0.25) is 0 Å². The summed E-state index contributed by atoms with van der Waals surface area (Å²) in [7, 11) is 0.640. The second-order valence-electron chi connectivity index (χ2n) is 1.13. The second kappa shape index (κ2) is 2.48. The van der Waals surface area contributed by atoms with Crippen LogP contribution in [0.2, 0.25) is 0 Å². The predicted molar refractivity (Wildman–Crippen MR) is 26.5 cm³/mol. The van der Waals surface area contributed by atoms with Crippen LogP contribution in [-0.2, 0) is 9.09 Å². The van der Waals surface area contributed by atoms with Gasteiger partial charge in [0.25, 0.3) is 0 Å². The first-order valence-electron chi connectivity index (χ1n) is 1.73. The van der Waals surface area contributed by atoms with Gasteiger partial charge < -0.3 is 4.52 Å². The summed E-state index contributed by atoms with van der Waals surface area (Å²) in [6, 6.07) is 0. The molecule has 0 aromatic heterocycles. The summed E-state index contributed by atoms with van der Waals surface area (Å²) >= 11 is 4.41. The average Bonchev–Trinajstić information content (AvgIpc) is 1.64. The topological polar surface area (TPSA) is 26.3 Å². The van der Waals surface area contributed by atoms with Gasteiger partial charge in [0.05, 0.1) is 0 Å². The molecular formula is C2H3ClF3O2P. The van der Waals surface area contributed by atoms with Crippen LogP contribution in [0.4, 0.5) is 13.2 Å². The van der Waals surface area contributed by atoms with Crippen molar-refractivity contribution in [3.8, 4) is 0 Å². The third-order valence-electron chi connectivity index (χ3n) is 0.538. The van der Waals surface area contributed by atoms with E-state index in [9.17, 15) is 17.7 Å². The van der Waals surface area contributed by atoms with Gasteiger partial charge in [0, 0.05) is 7.11 Å². The molecule has 0 bridgehead atoms. The molecule has 0 aliphatic heterocycles. The molecule has 0 aromatic rings. The van der Waals surface area contributed by atoms with E-state index in [0.29, 0.717) is 7.11 Å². The van der Waals surface area contributed by atoms with Crippen LogP contribution < -0.4 is 0 Å². The van der Waals surface area contributed by atoms with E-state index in [2.05, 4.69) is 15.8 Å². The van der Waals surface area contributed by atoms with E-state index in [1.54, 1.807) is 0 Å². The summed E-state index contributed by atoms with van der Waals surface area (Å²) in [4.78, 5) is 0. The van der Waals surface area contributed by atoms with Gasteiger partial charge in [-0.1, -0.05) is 0 Å². The van der Waals surface area contributed by atoms with Crippen molar-refractivity contribution in [3.05, 3.63) is 0 Å². The number of rotatable bonds is 1. The summed E-state index contributed by atoms with van der Waals surface area (Å²) in [5, 5.41) is 0. The lowest BCUT2D eigenvalue weighted by molar-refractivity contribution is -0.0536. The molecule has 0 fully saturated rings. The van der Waals surface area contributed by atoms with Gasteiger partial charge in [-0.3, -0.25) is 4.57 Å². The van der Waals surface area contributed by atoms with E-state index in [0.717, 1.165) is 0 Å². The quantitative estimate of drug-likeness (QED) is 0.583. The molecule has 2 nitrogen and oxygen atoms in total. The van der Waals surface area contributed by atoms with Crippen LogP contribution in [-0.4, -0.2) is 13.0 Å². The van der Waals surface area contributed by atoms with Crippen molar-refractivity contribution in [2.45, 2.75) is 5.92 Å². The van der Waals surface area contributed by atoms with E-state index in [1.165, 1.54) is 0 Å². The van der Waals surface area contributed by atoms with Crippen molar-refractivity contribution in [3.63, 3.8) is 0 Å². The van der Waals surface area contributed by atoms with Crippen molar-refractivity contribution >= 4 is 18.0 Å². The first-order chi connectivity index (χ1) is 3.81. The lowest BCUT2D eigenvalue weighted by atomic mass is 11.6. The van der Waals surface area contributed by atoms with Gasteiger partial charge in [0.1, 0.15) is 0 Å². The molecule has 0 radical (unpaired) electrons. The van der Waals surface area contributed by atoms with Crippen molar-refractivity contribution in [1.29, 1.82) is 0 Å². The van der Waals surface area contributed by atoms with Gasteiger partial charge in [-0.25, -0.2) is 0 Å². The van der Waals surface area contributed by atoms with Crippen molar-refractivity contribution in [2.75, 3.05) is 7.11 Å². The molecule has 0 aliphatic carbocycles. The molecule has 0 rings (SSSR count). The maximum absolute atomic E-state index is 11.3. The summed E-state index contributed by atoms with van der Waals surface area (Å²) in [5.41, 5.74) is 0. The molecule has 56 valence electrons. The minimum Gasteiger partial charge on any atom is -0.315 e. The lowest BCUT2D eigenvalue weighted by Crippen LogP contribution is -2.05. The molecular weight excluding hydrogens is 179 g/mol. The maximum atomic E-state index is 11.3. The minimum absolute atomic E-state index is 0.640. The SMILES string of the molecule is COP(=O)(Cl)C(F)(F)F. The Hall–Kier alpha value is 0.270. The molecule has 9 heavy (non-hydrogen) atoms. The Bertz CT molecular complexity index is 143. The van der Waals surface area contributed by atoms with Crippen molar-refractivity contribution in [1.82, 2.24) is 0 Å².